The number of aryl methyl sites for hydroxylation is 1. The summed E-state index contributed by atoms with van der Waals surface area (Å²) < 4.78 is 17.6. The Balaban J connectivity index is 1.54. The lowest BCUT2D eigenvalue weighted by molar-refractivity contribution is 0.0315. The van der Waals surface area contributed by atoms with Crippen molar-refractivity contribution in [3.05, 3.63) is 49.9 Å². The van der Waals surface area contributed by atoms with Crippen molar-refractivity contribution in [2.45, 2.75) is 58.2 Å². The van der Waals surface area contributed by atoms with Crippen LogP contribution in [0.1, 0.15) is 52.9 Å². The van der Waals surface area contributed by atoms with Crippen molar-refractivity contribution < 1.29 is 19.0 Å². The Labute approximate surface area is 197 Å². The van der Waals surface area contributed by atoms with Crippen LogP contribution in [-0.2, 0) is 6.54 Å². The zero-order valence-electron chi connectivity index (χ0n) is 19.1. The summed E-state index contributed by atoms with van der Waals surface area (Å²) in [6, 6.07) is 3.54. The summed E-state index contributed by atoms with van der Waals surface area (Å²) >= 11 is 6.45. The van der Waals surface area contributed by atoms with E-state index in [0.717, 1.165) is 25.7 Å². The molecule has 1 atom stereocenters. The third-order valence-corrected chi connectivity index (χ3v) is 6.84. The molecule has 1 aliphatic carbocycles. The highest BCUT2D eigenvalue weighted by atomic mass is 35.5. The Hall–Kier alpha value is -2.71. The molecule has 1 aliphatic heterocycles. The number of fused-ring (bicyclic) bond motifs is 1. The average Bonchev–Trinajstić information content (AvgIpc) is 2.80. The molecule has 4 rings (SSSR count). The van der Waals surface area contributed by atoms with Crippen molar-refractivity contribution >= 4 is 17.5 Å². The second-order valence-corrected chi connectivity index (χ2v) is 9.25. The maximum atomic E-state index is 13.0. The minimum absolute atomic E-state index is 0.00801. The van der Waals surface area contributed by atoms with E-state index in [4.69, 9.17) is 31.5 Å². The molecule has 33 heavy (non-hydrogen) atoms. The Kier molecular flexibility index (Phi) is 6.86. The van der Waals surface area contributed by atoms with Crippen molar-refractivity contribution in [1.29, 1.82) is 0 Å². The number of halogens is 1. The van der Waals surface area contributed by atoms with Crippen LogP contribution in [0.4, 0.5) is 0 Å². The highest BCUT2D eigenvalue weighted by Crippen LogP contribution is 2.44. The molecule has 2 aliphatic rings. The fraction of sp³-hybridized carbons (Fsp3) is 0.500. The number of amides is 1. The van der Waals surface area contributed by atoms with Crippen LogP contribution in [0.15, 0.2) is 16.9 Å². The fourth-order valence-corrected chi connectivity index (χ4v) is 4.86. The highest BCUT2D eigenvalue weighted by molar-refractivity contribution is 6.32. The van der Waals surface area contributed by atoms with Crippen molar-refractivity contribution in [1.82, 2.24) is 10.3 Å². The summed E-state index contributed by atoms with van der Waals surface area (Å²) in [5, 5.41) is 3.11. The number of nitrogens with one attached hydrogen (secondary N) is 2. The van der Waals surface area contributed by atoms with Crippen LogP contribution >= 0.6 is 11.6 Å². The van der Waals surface area contributed by atoms with Crippen LogP contribution in [0.2, 0.25) is 5.02 Å². The van der Waals surface area contributed by atoms with Crippen LogP contribution < -0.4 is 30.8 Å². The molecular formula is C24H30ClN3O5. The number of carbonyl (C=O) groups is 1. The third kappa shape index (κ3) is 4.82. The van der Waals surface area contributed by atoms with E-state index in [-0.39, 0.29) is 30.2 Å². The molecule has 1 aromatic heterocycles. The summed E-state index contributed by atoms with van der Waals surface area (Å²) in [7, 11) is 1.49. The van der Waals surface area contributed by atoms with Gasteiger partial charge in [0.2, 0.25) is 0 Å². The Morgan fingerprint density at radius 1 is 1.24 bits per heavy atom. The molecule has 8 nitrogen and oxygen atoms in total. The van der Waals surface area contributed by atoms with Gasteiger partial charge in [0.15, 0.2) is 11.5 Å². The van der Waals surface area contributed by atoms with Gasteiger partial charge in [0.05, 0.1) is 24.2 Å². The molecule has 0 unspecified atom stereocenters. The van der Waals surface area contributed by atoms with Gasteiger partial charge in [-0.2, -0.15) is 0 Å². The van der Waals surface area contributed by atoms with Crippen LogP contribution in [-0.4, -0.2) is 36.8 Å². The first-order valence-corrected chi connectivity index (χ1v) is 11.6. The maximum absolute atomic E-state index is 13.0. The fourth-order valence-electron chi connectivity index (χ4n) is 4.61. The van der Waals surface area contributed by atoms with Crippen molar-refractivity contribution in [3.63, 3.8) is 0 Å². The molecule has 0 bridgehead atoms. The summed E-state index contributed by atoms with van der Waals surface area (Å²) in [6.07, 6.45) is 3.82. The van der Waals surface area contributed by atoms with Gasteiger partial charge in [-0.15, -0.1) is 0 Å². The molecule has 4 N–H and O–H groups in total. The molecule has 0 saturated heterocycles. The quantitative estimate of drug-likeness (QED) is 0.611. The van der Waals surface area contributed by atoms with Crippen LogP contribution in [0.5, 0.6) is 17.2 Å². The van der Waals surface area contributed by atoms with Crippen LogP contribution in [0.25, 0.3) is 0 Å². The van der Waals surface area contributed by atoms with E-state index in [1.54, 1.807) is 19.1 Å². The first kappa shape index (κ1) is 23.4. The largest absolute Gasteiger partial charge is 0.496 e. The molecule has 1 saturated carbocycles. The molecular weight excluding hydrogens is 446 g/mol. The molecule has 1 fully saturated rings. The van der Waals surface area contributed by atoms with Gasteiger partial charge in [-0.05, 0) is 57.6 Å². The lowest BCUT2D eigenvalue weighted by Crippen LogP contribution is -2.40. The first-order valence-electron chi connectivity index (χ1n) is 11.2. The number of ether oxygens (including phenoxy) is 3. The number of H-pyrrole nitrogens is 1. The van der Waals surface area contributed by atoms with Gasteiger partial charge in [-0.3, -0.25) is 9.59 Å². The number of nitrogens with two attached hydrogens (primary N) is 1. The molecule has 178 valence electrons. The van der Waals surface area contributed by atoms with E-state index in [2.05, 4.69) is 10.3 Å². The lowest BCUT2D eigenvalue weighted by atomic mass is 9.83. The number of carbonyl (C=O) groups excluding carboxylic acids is 1. The maximum Gasteiger partial charge on any atom is 0.256 e. The molecule has 1 amide bonds. The van der Waals surface area contributed by atoms with Gasteiger partial charge in [0.1, 0.15) is 18.5 Å². The normalized spacial score (nSPS) is 22.0. The second-order valence-electron chi connectivity index (χ2n) is 8.84. The standard InChI is InChI=1S/C24H30ClN3O5/c1-12-8-19(31-3)17(24(30)28-12)10-27-23(29)16-9-18(25)22-21(13(16)2)33-20(11-32-22)14-4-6-15(26)7-5-14/h8-9,14-15,20H,4-7,10-11,26H2,1-3H3,(H,27,29)(H,28,30)/t14?,15?,20-/m1/s1. The molecule has 2 heterocycles. The summed E-state index contributed by atoms with van der Waals surface area (Å²) in [4.78, 5) is 28.1. The number of aromatic amines is 1. The molecule has 2 aromatic rings. The minimum Gasteiger partial charge on any atom is -0.496 e. The van der Waals surface area contributed by atoms with E-state index >= 15 is 0 Å². The van der Waals surface area contributed by atoms with E-state index in [1.165, 1.54) is 7.11 Å². The Bertz CT molecular complexity index is 1110. The number of benzene rings is 1. The van der Waals surface area contributed by atoms with Gasteiger partial charge >= 0.3 is 0 Å². The zero-order valence-corrected chi connectivity index (χ0v) is 19.9. The minimum atomic E-state index is -0.367. The Morgan fingerprint density at radius 2 is 1.97 bits per heavy atom. The summed E-state index contributed by atoms with van der Waals surface area (Å²) in [5.41, 5.74) is 7.77. The Morgan fingerprint density at radius 3 is 2.67 bits per heavy atom. The van der Waals surface area contributed by atoms with Gasteiger partial charge < -0.3 is 30.2 Å². The number of hydrogen-bond acceptors (Lipinski definition) is 6. The van der Waals surface area contributed by atoms with E-state index in [9.17, 15) is 9.59 Å². The van der Waals surface area contributed by atoms with Crippen molar-refractivity contribution in [3.8, 4) is 17.2 Å². The predicted molar refractivity (Wildman–Crippen MR) is 126 cm³/mol. The van der Waals surface area contributed by atoms with Gasteiger partial charge in [-0.1, -0.05) is 11.6 Å². The SMILES string of the molecule is COc1cc(C)[nH]c(=O)c1CNC(=O)c1cc(Cl)c2c(c1C)O[C@@H](C1CCC(N)CC1)CO2. The van der Waals surface area contributed by atoms with E-state index in [1.807, 2.05) is 6.92 Å². The number of hydrogen-bond donors (Lipinski definition) is 3. The van der Waals surface area contributed by atoms with Gasteiger partial charge in [0.25, 0.3) is 11.5 Å². The average molecular weight is 476 g/mol. The topological polar surface area (TPSA) is 116 Å². The van der Waals surface area contributed by atoms with E-state index < -0.39 is 0 Å². The number of rotatable bonds is 5. The third-order valence-electron chi connectivity index (χ3n) is 6.56. The molecule has 9 heteroatoms. The number of aromatic nitrogens is 1. The highest BCUT2D eigenvalue weighted by Gasteiger charge is 2.34. The van der Waals surface area contributed by atoms with E-state index in [0.29, 0.717) is 57.2 Å². The number of pyridine rings is 1. The summed E-state index contributed by atoms with van der Waals surface area (Å²) in [6.45, 7) is 4.01. The molecule has 0 spiro atoms. The van der Waals surface area contributed by atoms with Crippen molar-refractivity contribution in [2.24, 2.45) is 11.7 Å². The van der Waals surface area contributed by atoms with Crippen LogP contribution in [0.3, 0.4) is 0 Å². The predicted octanol–water partition coefficient (Wildman–Crippen LogP) is 3.24. The lowest BCUT2D eigenvalue weighted by Gasteiger charge is -2.36. The number of methoxy groups -OCH3 is 1. The molecule has 0 radical (unpaired) electrons. The zero-order chi connectivity index (χ0) is 23.7. The first-order chi connectivity index (χ1) is 15.8. The van der Waals surface area contributed by atoms with Crippen molar-refractivity contribution in [2.75, 3.05) is 13.7 Å². The monoisotopic (exact) mass is 475 g/mol. The van der Waals surface area contributed by atoms with Crippen LogP contribution in [0, 0.1) is 19.8 Å². The van der Waals surface area contributed by atoms with Gasteiger partial charge in [-0.25, -0.2) is 0 Å². The smallest absolute Gasteiger partial charge is 0.256 e. The second kappa shape index (κ2) is 9.65. The summed E-state index contributed by atoms with van der Waals surface area (Å²) in [5.74, 6) is 1.38. The molecule has 1 aromatic carbocycles. The van der Waals surface area contributed by atoms with Gasteiger partial charge in [0, 0.05) is 22.9 Å².